The maximum absolute atomic E-state index is 12.2. The molecule has 0 aliphatic carbocycles. The van der Waals surface area contributed by atoms with Gasteiger partial charge in [-0.1, -0.05) is 19.9 Å². The predicted molar refractivity (Wildman–Crippen MR) is 76.1 cm³/mol. The Balaban J connectivity index is 2.17. The summed E-state index contributed by atoms with van der Waals surface area (Å²) in [7, 11) is 0. The highest BCUT2D eigenvalue weighted by Crippen LogP contribution is 2.27. The Morgan fingerprint density at radius 3 is 2.68 bits per heavy atom. The first-order valence-electron chi connectivity index (χ1n) is 6.75. The zero-order chi connectivity index (χ0) is 13.9. The summed E-state index contributed by atoms with van der Waals surface area (Å²) in [6.45, 7) is 4.69. The normalized spacial score (nSPS) is 18.5. The van der Waals surface area contributed by atoms with Gasteiger partial charge in [0.2, 0.25) is 11.8 Å². The molecule has 1 aliphatic rings. The fraction of sp³-hybridized carbons (Fsp3) is 0.571. The van der Waals surface area contributed by atoms with Crippen molar-refractivity contribution in [3.05, 3.63) is 22.4 Å². The number of thiophene rings is 1. The molecule has 2 rings (SSSR count). The molecule has 1 saturated heterocycles. The number of carbonyl (C=O) groups is 2. The van der Waals surface area contributed by atoms with Crippen LogP contribution in [0, 0.1) is 0 Å². The Morgan fingerprint density at radius 2 is 2.11 bits per heavy atom. The second kappa shape index (κ2) is 5.74. The van der Waals surface area contributed by atoms with E-state index >= 15 is 0 Å². The quantitative estimate of drug-likeness (QED) is 0.894. The Labute approximate surface area is 117 Å². The first-order valence-corrected chi connectivity index (χ1v) is 7.63. The van der Waals surface area contributed by atoms with Crippen LogP contribution in [0.15, 0.2) is 17.5 Å². The van der Waals surface area contributed by atoms with Gasteiger partial charge in [-0.15, -0.1) is 11.3 Å². The molecule has 0 radical (unpaired) electrons. The molecule has 1 N–H and O–H groups in total. The van der Waals surface area contributed by atoms with Crippen molar-refractivity contribution in [1.82, 2.24) is 10.2 Å². The van der Waals surface area contributed by atoms with Gasteiger partial charge >= 0.3 is 0 Å². The molecule has 0 aromatic carbocycles. The standard InChI is InChI=1S/C14H20N2O2S/c1-3-14(4-2)13(18)15-10-12(17)16(14)8-7-11-6-5-9-19-11/h5-6,9H,3-4,7-8,10H2,1-2H3,(H,15,18). The van der Waals surface area contributed by atoms with Crippen molar-refractivity contribution in [2.45, 2.75) is 38.6 Å². The molecular weight excluding hydrogens is 260 g/mol. The fourth-order valence-electron chi connectivity index (χ4n) is 2.75. The summed E-state index contributed by atoms with van der Waals surface area (Å²) in [5, 5.41) is 4.75. The van der Waals surface area contributed by atoms with Gasteiger partial charge in [0.05, 0.1) is 6.54 Å². The summed E-state index contributed by atoms with van der Waals surface area (Å²) in [6, 6.07) is 4.08. The molecule has 104 valence electrons. The molecule has 4 nitrogen and oxygen atoms in total. The molecule has 2 heterocycles. The van der Waals surface area contributed by atoms with Crippen LogP contribution in [0.3, 0.4) is 0 Å². The molecular formula is C14H20N2O2S. The van der Waals surface area contributed by atoms with Gasteiger partial charge in [0.15, 0.2) is 0 Å². The third kappa shape index (κ3) is 2.52. The molecule has 1 fully saturated rings. The van der Waals surface area contributed by atoms with Crippen molar-refractivity contribution in [1.29, 1.82) is 0 Å². The smallest absolute Gasteiger partial charge is 0.246 e. The lowest BCUT2D eigenvalue weighted by Gasteiger charge is -2.45. The Morgan fingerprint density at radius 1 is 1.37 bits per heavy atom. The Kier molecular flexibility index (Phi) is 4.24. The van der Waals surface area contributed by atoms with Gasteiger partial charge < -0.3 is 10.2 Å². The molecule has 0 spiro atoms. The summed E-state index contributed by atoms with van der Waals surface area (Å²) in [5.41, 5.74) is -0.660. The number of nitrogens with one attached hydrogen (secondary N) is 1. The van der Waals surface area contributed by atoms with Crippen LogP contribution in [0.5, 0.6) is 0 Å². The molecule has 0 saturated carbocycles. The maximum atomic E-state index is 12.2. The second-order valence-corrected chi connectivity index (χ2v) is 5.83. The monoisotopic (exact) mass is 280 g/mol. The number of carbonyl (C=O) groups excluding carboxylic acids is 2. The third-order valence-corrected chi connectivity index (χ3v) is 4.91. The van der Waals surface area contributed by atoms with E-state index in [9.17, 15) is 9.59 Å². The van der Waals surface area contributed by atoms with Gasteiger partial charge in [-0.05, 0) is 30.7 Å². The lowest BCUT2D eigenvalue weighted by Crippen LogP contribution is -2.67. The molecule has 19 heavy (non-hydrogen) atoms. The number of nitrogens with zero attached hydrogens (tertiary/aromatic N) is 1. The number of hydrogen-bond acceptors (Lipinski definition) is 3. The highest BCUT2D eigenvalue weighted by atomic mass is 32.1. The van der Waals surface area contributed by atoms with Crippen LogP contribution in [0.4, 0.5) is 0 Å². The topological polar surface area (TPSA) is 49.4 Å². The SMILES string of the molecule is CCC1(CC)C(=O)NCC(=O)N1CCc1cccs1. The van der Waals surface area contributed by atoms with Crippen molar-refractivity contribution in [3.8, 4) is 0 Å². The molecule has 1 aromatic rings. The minimum absolute atomic E-state index is 0.0109. The first kappa shape index (κ1) is 14.1. The molecule has 5 heteroatoms. The lowest BCUT2D eigenvalue weighted by atomic mass is 9.87. The summed E-state index contributed by atoms with van der Waals surface area (Å²) < 4.78 is 0. The lowest BCUT2D eigenvalue weighted by molar-refractivity contribution is -0.154. The van der Waals surface area contributed by atoms with E-state index in [1.807, 2.05) is 25.3 Å². The highest BCUT2D eigenvalue weighted by molar-refractivity contribution is 7.09. The zero-order valence-corrected chi connectivity index (χ0v) is 12.3. The van der Waals surface area contributed by atoms with E-state index in [0.717, 1.165) is 6.42 Å². The number of piperazine rings is 1. The van der Waals surface area contributed by atoms with Crippen LogP contribution in [-0.2, 0) is 16.0 Å². The molecule has 1 aliphatic heterocycles. The summed E-state index contributed by atoms with van der Waals surface area (Å²) in [4.78, 5) is 27.4. The predicted octanol–water partition coefficient (Wildman–Crippen LogP) is 1.81. The highest BCUT2D eigenvalue weighted by Gasteiger charge is 2.46. The van der Waals surface area contributed by atoms with Crippen LogP contribution in [0.1, 0.15) is 31.6 Å². The Bertz CT molecular complexity index is 452. The molecule has 0 atom stereocenters. The van der Waals surface area contributed by atoms with Gasteiger partial charge in [0.1, 0.15) is 5.54 Å². The van der Waals surface area contributed by atoms with E-state index in [2.05, 4.69) is 11.4 Å². The van der Waals surface area contributed by atoms with Crippen LogP contribution in [0.2, 0.25) is 0 Å². The molecule has 0 unspecified atom stereocenters. The largest absolute Gasteiger partial charge is 0.345 e. The maximum Gasteiger partial charge on any atom is 0.246 e. The number of rotatable bonds is 5. The average Bonchev–Trinajstić information content (AvgIpc) is 2.93. The van der Waals surface area contributed by atoms with Crippen molar-refractivity contribution >= 4 is 23.2 Å². The van der Waals surface area contributed by atoms with Gasteiger partial charge in [-0.25, -0.2) is 0 Å². The Hall–Kier alpha value is -1.36. The summed E-state index contributed by atoms with van der Waals surface area (Å²) in [6.07, 6.45) is 2.13. The van der Waals surface area contributed by atoms with Crippen molar-refractivity contribution in [2.75, 3.05) is 13.1 Å². The van der Waals surface area contributed by atoms with E-state index in [1.54, 1.807) is 16.2 Å². The minimum Gasteiger partial charge on any atom is -0.345 e. The van der Waals surface area contributed by atoms with E-state index < -0.39 is 5.54 Å². The first-order chi connectivity index (χ1) is 9.14. The zero-order valence-electron chi connectivity index (χ0n) is 11.4. The van der Waals surface area contributed by atoms with Crippen molar-refractivity contribution in [2.24, 2.45) is 0 Å². The van der Waals surface area contributed by atoms with Crippen LogP contribution in [-0.4, -0.2) is 35.3 Å². The fourth-order valence-corrected chi connectivity index (χ4v) is 3.44. The van der Waals surface area contributed by atoms with Crippen LogP contribution < -0.4 is 5.32 Å². The molecule has 1 aromatic heterocycles. The summed E-state index contributed by atoms with van der Waals surface area (Å²) >= 11 is 1.69. The van der Waals surface area contributed by atoms with Gasteiger partial charge in [0.25, 0.3) is 0 Å². The molecule has 2 amide bonds. The average molecular weight is 280 g/mol. The van der Waals surface area contributed by atoms with E-state index in [0.29, 0.717) is 19.4 Å². The van der Waals surface area contributed by atoms with E-state index in [-0.39, 0.29) is 18.4 Å². The van der Waals surface area contributed by atoms with Crippen LogP contribution >= 0.6 is 11.3 Å². The number of amides is 2. The van der Waals surface area contributed by atoms with Gasteiger partial charge in [0, 0.05) is 11.4 Å². The minimum atomic E-state index is -0.660. The van der Waals surface area contributed by atoms with Crippen molar-refractivity contribution < 1.29 is 9.59 Å². The third-order valence-electron chi connectivity index (χ3n) is 3.97. The van der Waals surface area contributed by atoms with E-state index in [4.69, 9.17) is 0 Å². The second-order valence-electron chi connectivity index (χ2n) is 4.80. The number of hydrogen-bond donors (Lipinski definition) is 1. The van der Waals surface area contributed by atoms with Gasteiger partial charge in [-0.2, -0.15) is 0 Å². The van der Waals surface area contributed by atoms with Crippen LogP contribution in [0.25, 0.3) is 0 Å². The van der Waals surface area contributed by atoms with Gasteiger partial charge in [-0.3, -0.25) is 9.59 Å². The van der Waals surface area contributed by atoms with Crippen molar-refractivity contribution in [3.63, 3.8) is 0 Å². The molecule has 0 bridgehead atoms. The van der Waals surface area contributed by atoms with E-state index in [1.165, 1.54) is 4.88 Å². The summed E-state index contributed by atoms with van der Waals surface area (Å²) in [5.74, 6) is 0.0168.